The summed E-state index contributed by atoms with van der Waals surface area (Å²) >= 11 is 0. The van der Waals surface area contributed by atoms with Gasteiger partial charge in [0.25, 0.3) is 0 Å². The zero-order valence-electron chi connectivity index (χ0n) is 13.7. The number of anilines is 1. The molecule has 0 spiro atoms. The molecular weight excluding hydrogens is 327 g/mol. The van der Waals surface area contributed by atoms with Gasteiger partial charge in [-0.1, -0.05) is 35.9 Å². The fourth-order valence-corrected chi connectivity index (χ4v) is 4.50. The van der Waals surface area contributed by atoms with Gasteiger partial charge in [0, 0.05) is 31.9 Å². The number of rotatable bonds is 4. The Bertz CT molecular complexity index is 815. The van der Waals surface area contributed by atoms with Gasteiger partial charge in [0.2, 0.25) is 10.0 Å². The molecule has 2 aromatic carbocycles. The number of halogens is 1. The fraction of sp³-hybridized carbons (Fsp3) is 0.333. The minimum atomic E-state index is -3.33. The summed E-state index contributed by atoms with van der Waals surface area (Å²) in [5.41, 5.74) is 2.66. The van der Waals surface area contributed by atoms with Crippen LogP contribution in [0, 0.1) is 12.7 Å². The van der Waals surface area contributed by atoms with E-state index in [1.807, 2.05) is 42.2 Å². The number of piperazine rings is 1. The molecule has 0 aromatic heterocycles. The summed E-state index contributed by atoms with van der Waals surface area (Å²) in [5, 5.41) is 0. The molecule has 6 heteroatoms. The van der Waals surface area contributed by atoms with Gasteiger partial charge in [-0.3, -0.25) is 0 Å². The van der Waals surface area contributed by atoms with E-state index >= 15 is 0 Å². The number of sulfonamides is 1. The van der Waals surface area contributed by atoms with Crippen LogP contribution in [-0.2, 0) is 15.8 Å². The molecule has 0 aliphatic carbocycles. The van der Waals surface area contributed by atoms with Gasteiger partial charge in [-0.05, 0) is 30.7 Å². The summed E-state index contributed by atoms with van der Waals surface area (Å²) in [6, 6.07) is 14.0. The van der Waals surface area contributed by atoms with Crippen molar-refractivity contribution in [2.45, 2.75) is 12.7 Å². The Morgan fingerprint density at radius 3 is 2.38 bits per heavy atom. The van der Waals surface area contributed by atoms with Crippen LogP contribution in [0.2, 0.25) is 0 Å². The Labute approximate surface area is 142 Å². The van der Waals surface area contributed by atoms with Crippen molar-refractivity contribution in [1.29, 1.82) is 0 Å². The third kappa shape index (κ3) is 3.94. The van der Waals surface area contributed by atoms with E-state index in [1.165, 1.54) is 16.4 Å². The maximum absolute atomic E-state index is 13.3. The molecule has 24 heavy (non-hydrogen) atoms. The van der Waals surface area contributed by atoms with Crippen LogP contribution in [0.15, 0.2) is 48.5 Å². The van der Waals surface area contributed by atoms with Gasteiger partial charge < -0.3 is 4.90 Å². The monoisotopic (exact) mass is 348 g/mol. The second-order valence-electron chi connectivity index (χ2n) is 6.11. The SMILES string of the molecule is Cc1cccc(CS(=O)(=O)N2CCN(c3cccc(F)c3)CC2)c1. The first-order valence-electron chi connectivity index (χ1n) is 7.98. The molecule has 0 unspecified atom stereocenters. The van der Waals surface area contributed by atoms with Gasteiger partial charge in [0.15, 0.2) is 0 Å². The highest BCUT2D eigenvalue weighted by atomic mass is 32.2. The van der Waals surface area contributed by atoms with Crippen LogP contribution in [0.25, 0.3) is 0 Å². The Hall–Kier alpha value is -1.92. The van der Waals surface area contributed by atoms with E-state index in [4.69, 9.17) is 0 Å². The Kier molecular flexibility index (Phi) is 4.87. The van der Waals surface area contributed by atoms with Gasteiger partial charge in [-0.25, -0.2) is 12.8 Å². The molecule has 1 heterocycles. The Balaban J connectivity index is 1.65. The van der Waals surface area contributed by atoms with Crippen molar-refractivity contribution in [3.63, 3.8) is 0 Å². The smallest absolute Gasteiger partial charge is 0.218 e. The third-order valence-electron chi connectivity index (χ3n) is 4.24. The van der Waals surface area contributed by atoms with Crippen molar-refractivity contribution < 1.29 is 12.8 Å². The summed E-state index contributed by atoms with van der Waals surface area (Å²) in [7, 11) is -3.33. The van der Waals surface area contributed by atoms with Crippen molar-refractivity contribution in [2.24, 2.45) is 0 Å². The number of aryl methyl sites for hydroxylation is 1. The standard InChI is InChI=1S/C18H21FN2O2S/c1-15-4-2-5-16(12-15)14-24(22,23)21-10-8-20(9-11-21)18-7-3-6-17(19)13-18/h2-7,12-13H,8-11,14H2,1H3. The van der Waals surface area contributed by atoms with Crippen molar-refractivity contribution >= 4 is 15.7 Å². The third-order valence-corrected chi connectivity index (χ3v) is 6.09. The van der Waals surface area contributed by atoms with E-state index in [-0.39, 0.29) is 11.6 Å². The molecule has 0 amide bonds. The fourth-order valence-electron chi connectivity index (χ4n) is 3.00. The lowest BCUT2D eigenvalue weighted by Gasteiger charge is -2.35. The molecule has 0 atom stereocenters. The summed E-state index contributed by atoms with van der Waals surface area (Å²) in [6.07, 6.45) is 0. The maximum atomic E-state index is 13.3. The van der Waals surface area contributed by atoms with Crippen LogP contribution in [0.3, 0.4) is 0 Å². The molecule has 3 rings (SSSR count). The van der Waals surface area contributed by atoms with Crippen molar-refractivity contribution in [1.82, 2.24) is 4.31 Å². The Morgan fingerprint density at radius 2 is 1.71 bits per heavy atom. The molecule has 0 saturated carbocycles. The molecule has 0 radical (unpaired) electrons. The highest BCUT2D eigenvalue weighted by Crippen LogP contribution is 2.20. The van der Waals surface area contributed by atoms with Crippen LogP contribution < -0.4 is 4.90 Å². The summed E-state index contributed by atoms with van der Waals surface area (Å²) in [5.74, 6) is -0.253. The topological polar surface area (TPSA) is 40.6 Å². The highest BCUT2D eigenvalue weighted by molar-refractivity contribution is 7.88. The van der Waals surface area contributed by atoms with Gasteiger partial charge in [-0.15, -0.1) is 0 Å². The molecule has 1 saturated heterocycles. The van der Waals surface area contributed by atoms with E-state index in [9.17, 15) is 12.8 Å². The quantitative estimate of drug-likeness (QED) is 0.853. The first-order chi connectivity index (χ1) is 11.4. The molecule has 128 valence electrons. The van der Waals surface area contributed by atoms with E-state index in [0.29, 0.717) is 26.2 Å². The van der Waals surface area contributed by atoms with Crippen molar-refractivity contribution in [3.05, 3.63) is 65.5 Å². The van der Waals surface area contributed by atoms with Crippen molar-refractivity contribution in [2.75, 3.05) is 31.1 Å². The molecule has 0 N–H and O–H groups in total. The zero-order valence-corrected chi connectivity index (χ0v) is 14.5. The number of hydrogen-bond acceptors (Lipinski definition) is 3. The first-order valence-corrected chi connectivity index (χ1v) is 9.59. The second kappa shape index (κ2) is 6.91. The highest BCUT2D eigenvalue weighted by Gasteiger charge is 2.27. The van der Waals surface area contributed by atoms with Crippen molar-refractivity contribution in [3.8, 4) is 0 Å². The predicted molar refractivity (Wildman–Crippen MR) is 94.0 cm³/mol. The van der Waals surface area contributed by atoms with E-state index in [0.717, 1.165) is 16.8 Å². The number of hydrogen-bond donors (Lipinski definition) is 0. The lowest BCUT2D eigenvalue weighted by atomic mass is 10.2. The zero-order chi connectivity index (χ0) is 17.2. The van der Waals surface area contributed by atoms with Crippen LogP contribution in [0.5, 0.6) is 0 Å². The number of benzene rings is 2. The van der Waals surface area contributed by atoms with Crippen LogP contribution in [0.4, 0.5) is 10.1 Å². The minimum absolute atomic E-state index is 0.0225. The van der Waals surface area contributed by atoms with E-state index in [2.05, 4.69) is 0 Å². The van der Waals surface area contributed by atoms with Gasteiger partial charge in [0.05, 0.1) is 5.75 Å². The normalized spacial score (nSPS) is 16.3. The van der Waals surface area contributed by atoms with E-state index < -0.39 is 10.0 Å². The van der Waals surface area contributed by atoms with Gasteiger partial charge in [0.1, 0.15) is 5.82 Å². The summed E-state index contributed by atoms with van der Waals surface area (Å²) in [6.45, 7) is 3.93. The lowest BCUT2D eigenvalue weighted by Crippen LogP contribution is -2.49. The molecular formula is C18H21FN2O2S. The Morgan fingerprint density at radius 1 is 1.00 bits per heavy atom. The minimum Gasteiger partial charge on any atom is -0.369 e. The van der Waals surface area contributed by atoms with Gasteiger partial charge in [-0.2, -0.15) is 4.31 Å². The summed E-state index contributed by atoms with van der Waals surface area (Å²) in [4.78, 5) is 2.02. The maximum Gasteiger partial charge on any atom is 0.218 e. The first kappa shape index (κ1) is 16.9. The molecule has 1 fully saturated rings. The largest absolute Gasteiger partial charge is 0.369 e. The average Bonchev–Trinajstić information content (AvgIpc) is 2.54. The predicted octanol–water partition coefficient (Wildman–Crippen LogP) is 2.79. The lowest BCUT2D eigenvalue weighted by molar-refractivity contribution is 0.384. The molecule has 4 nitrogen and oxygen atoms in total. The average molecular weight is 348 g/mol. The van der Waals surface area contributed by atoms with Crippen LogP contribution >= 0.6 is 0 Å². The molecule has 1 aliphatic rings. The molecule has 0 bridgehead atoms. The van der Waals surface area contributed by atoms with Gasteiger partial charge >= 0.3 is 0 Å². The van der Waals surface area contributed by atoms with Crippen LogP contribution in [0.1, 0.15) is 11.1 Å². The molecule has 1 aliphatic heterocycles. The summed E-state index contributed by atoms with van der Waals surface area (Å²) < 4.78 is 40.1. The van der Waals surface area contributed by atoms with Crippen LogP contribution in [-0.4, -0.2) is 38.9 Å². The second-order valence-corrected chi connectivity index (χ2v) is 8.08. The molecule has 2 aromatic rings. The number of nitrogens with zero attached hydrogens (tertiary/aromatic N) is 2. The van der Waals surface area contributed by atoms with E-state index in [1.54, 1.807) is 6.07 Å².